The third-order valence-electron chi connectivity index (χ3n) is 4.91. The van der Waals surface area contributed by atoms with Crippen LogP contribution in [0.5, 0.6) is 0 Å². The first kappa shape index (κ1) is 23.7. The van der Waals surface area contributed by atoms with E-state index in [0.29, 0.717) is 34.5 Å². The van der Waals surface area contributed by atoms with Gasteiger partial charge in [-0.15, -0.1) is 0 Å². The lowest BCUT2D eigenvalue weighted by molar-refractivity contribution is -0.138. The number of nitrogens with zero attached hydrogens (tertiary/aromatic N) is 4. The summed E-state index contributed by atoms with van der Waals surface area (Å²) in [6.45, 7) is 1.75. The van der Waals surface area contributed by atoms with E-state index in [0.717, 1.165) is 6.07 Å². The number of anilines is 2. The van der Waals surface area contributed by atoms with E-state index in [4.69, 9.17) is 28.9 Å². The number of carbonyl (C=O) groups excluding carboxylic acids is 1. The fourth-order valence-corrected chi connectivity index (χ4v) is 3.84. The number of halogens is 5. The highest BCUT2D eigenvalue weighted by Crippen LogP contribution is 2.34. The molecule has 0 radical (unpaired) electrons. The van der Waals surface area contributed by atoms with Crippen LogP contribution in [0.2, 0.25) is 10.0 Å². The standard InChI is InChI=1S/C21H15Cl2F3N6O2/c1-9-16-17(19(27)29-8-28-16)32(31-9)15-3-2-13(7-14(15)23)30-20(34)18(33)10-4-11(21(24,25)26)6-12(22)5-10/h2-8,18,33H,1H3,(H,30,34)(H2,27,28,29)/t18-/m1/s1. The van der Waals surface area contributed by atoms with Crippen molar-refractivity contribution in [2.45, 2.75) is 19.2 Å². The molecule has 4 aromatic rings. The average molecular weight is 511 g/mol. The Bertz CT molecular complexity index is 1420. The van der Waals surface area contributed by atoms with Crippen molar-refractivity contribution in [1.29, 1.82) is 0 Å². The van der Waals surface area contributed by atoms with Crippen molar-refractivity contribution in [2.24, 2.45) is 0 Å². The molecule has 13 heteroatoms. The van der Waals surface area contributed by atoms with E-state index in [2.05, 4.69) is 20.4 Å². The highest BCUT2D eigenvalue weighted by Gasteiger charge is 2.32. The van der Waals surface area contributed by atoms with Crippen molar-refractivity contribution in [3.05, 3.63) is 69.6 Å². The minimum atomic E-state index is -4.69. The third kappa shape index (κ3) is 4.49. The number of fused-ring (bicyclic) bond motifs is 1. The summed E-state index contributed by atoms with van der Waals surface area (Å²) in [5.41, 5.74) is 6.78. The minimum Gasteiger partial charge on any atom is -0.382 e. The molecule has 4 rings (SSSR count). The molecule has 1 atom stereocenters. The van der Waals surface area contributed by atoms with Crippen LogP contribution >= 0.6 is 23.2 Å². The second kappa shape index (κ2) is 8.75. The molecule has 2 heterocycles. The lowest BCUT2D eigenvalue weighted by Gasteiger charge is -2.15. The van der Waals surface area contributed by atoms with Gasteiger partial charge >= 0.3 is 6.18 Å². The van der Waals surface area contributed by atoms with Gasteiger partial charge in [0.25, 0.3) is 5.91 Å². The van der Waals surface area contributed by atoms with Gasteiger partial charge in [0.2, 0.25) is 0 Å². The number of hydrogen-bond acceptors (Lipinski definition) is 6. The van der Waals surface area contributed by atoms with Crippen LogP contribution < -0.4 is 11.1 Å². The molecule has 0 aliphatic rings. The van der Waals surface area contributed by atoms with Crippen LogP contribution in [0.1, 0.15) is 22.9 Å². The Morgan fingerprint density at radius 3 is 2.59 bits per heavy atom. The summed E-state index contributed by atoms with van der Waals surface area (Å²) in [7, 11) is 0. The molecule has 0 bridgehead atoms. The molecule has 0 saturated heterocycles. The molecule has 2 aromatic heterocycles. The van der Waals surface area contributed by atoms with Gasteiger partial charge in [-0.1, -0.05) is 23.2 Å². The Morgan fingerprint density at radius 1 is 1.18 bits per heavy atom. The first-order valence-corrected chi connectivity index (χ1v) is 10.3. The Balaban J connectivity index is 1.61. The normalized spacial score (nSPS) is 12.7. The summed E-state index contributed by atoms with van der Waals surface area (Å²) in [5, 5.41) is 17.0. The summed E-state index contributed by atoms with van der Waals surface area (Å²) >= 11 is 12.1. The number of aliphatic hydroxyl groups excluding tert-OH is 1. The van der Waals surface area contributed by atoms with E-state index in [-0.39, 0.29) is 27.1 Å². The maximum atomic E-state index is 13.0. The number of aryl methyl sites for hydroxylation is 1. The fraction of sp³-hybridized carbons (Fsp3) is 0.143. The Morgan fingerprint density at radius 2 is 1.91 bits per heavy atom. The van der Waals surface area contributed by atoms with E-state index in [1.165, 1.54) is 23.1 Å². The summed E-state index contributed by atoms with van der Waals surface area (Å²) in [4.78, 5) is 20.6. The van der Waals surface area contributed by atoms with Gasteiger partial charge in [-0.05, 0) is 48.9 Å². The van der Waals surface area contributed by atoms with Gasteiger partial charge < -0.3 is 16.2 Å². The molecule has 1 amide bonds. The predicted molar refractivity (Wildman–Crippen MR) is 121 cm³/mol. The molecule has 0 saturated carbocycles. The van der Waals surface area contributed by atoms with Crippen molar-refractivity contribution in [2.75, 3.05) is 11.1 Å². The van der Waals surface area contributed by atoms with Crippen LogP contribution in [-0.4, -0.2) is 30.8 Å². The second-order valence-electron chi connectivity index (χ2n) is 7.28. The maximum absolute atomic E-state index is 13.0. The summed E-state index contributed by atoms with van der Waals surface area (Å²) in [6.07, 6.45) is -5.28. The number of hydrogen-bond donors (Lipinski definition) is 3. The van der Waals surface area contributed by atoms with Gasteiger partial charge in [0.05, 0.1) is 22.0 Å². The van der Waals surface area contributed by atoms with Crippen LogP contribution in [0.25, 0.3) is 16.7 Å². The zero-order chi connectivity index (χ0) is 24.8. The largest absolute Gasteiger partial charge is 0.416 e. The first-order chi connectivity index (χ1) is 16.0. The van der Waals surface area contributed by atoms with Crippen molar-refractivity contribution in [3.63, 3.8) is 0 Å². The average Bonchev–Trinajstić information content (AvgIpc) is 3.10. The monoisotopic (exact) mass is 510 g/mol. The number of nitrogen functional groups attached to an aromatic ring is 1. The summed E-state index contributed by atoms with van der Waals surface area (Å²) in [5.74, 6) is -0.779. The van der Waals surface area contributed by atoms with Gasteiger partial charge in [0.15, 0.2) is 11.9 Å². The van der Waals surface area contributed by atoms with E-state index in [1.807, 2.05) is 0 Å². The number of carbonyl (C=O) groups is 1. The maximum Gasteiger partial charge on any atom is 0.416 e. The second-order valence-corrected chi connectivity index (χ2v) is 8.13. The zero-order valence-electron chi connectivity index (χ0n) is 17.2. The number of benzene rings is 2. The SMILES string of the molecule is Cc1nn(-c2ccc(NC(=O)[C@H](O)c3cc(Cl)cc(C(F)(F)F)c3)cc2Cl)c2c(N)ncnc12. The molecular weight excluding hydrogens is 496 g/mol. The number of aromatic nitrogens is 4. The van der Waals surface area contributed by atoms with Crippen LogP contribution in [0.15, 0.2) is 42.7 Å². The molecule has 176 valence electrons. The molecular formula is C21H15Cl2F3N6O2. The van der Waals surface area contributed by atoms with Gasteiger partial charge in [-0.25, -0.2) is 14.6 Å². The van der Waals surface area contributed by atoms with Gasteiger partial charge in [0.1, 0.15) is 17.4 Å². The molecule has 8 nitrogen and oxygen atoms in total. The van der Waals surface area contributed by atoms with Gasteiger partial charge in [-0.3, -0.25) is 4.79 Å². The van der Waals surface area contributed by atoms with E-state index < -0.39 is 23.8 Å². The molecule has 2 aromatic carbocycles. The quantitative estimate of drug-likeness (QED) is 0.366. The molecule has 34 heavy (non-hydrogen) atoms. The fourth-order valence-electron chi connectivity index (χ4n) is 3.34. The Kier molecular flexibility index (Phi) is 6.11. The highest BCUT2D eigenvalue weighted by atomic mass is 35.5. The Labute approximate surface area is 200 Å². The van der Waals surface area contributed by atoms with Crippen LogP contribution in [0.3, 0.4) is 0 Å². The van der Waals surface area contributed by atoms with Crippen LogP contribution in [0.4, 0.5) is 24.7 Å². The zero-order valence-corrected chi connectivity index (χ0v) is 18.7. The molecule has 0 unspecified atom stereocenters. The molecule has 0 fully saturated rings. The summed E-state index contributed by atoms with van der Waals surface area (Å²) < 4.78 is 40.5. The first-order valence-electron chi connectivity index (χ1n) is 9.58. The predicted octanol–water partition coefficient (Wildman–Crippen LogP) is 4.70. The van der Waals surface area contributed by atoms with Crippen molar-refractivity contribution < 1.29 is 23.1 Å². The number of rotatable bonds is 4. The van der Waals surface area contributed by atoms with E-state index in [9.17, 15) is 23.1 Å². The van der Waals surface area contributed by atoms with Crippen molar-refractivity contribution in [1.82, 2.24) is 19.7 Å². The number of amides is 1. The van der Waals surface area contributed by atoms with Crippen molar-refractivity contribution >= 4 is 51.6 Å². The molecule has 0 aliphatic carbocycles. The topological polar surface area (TPSA) is 119 Å². The molecule has 4 N–H and O–H groups in total. The van der Waals surface area contributed by atoms with E-state index in [1.54, 1.807) is 13.0 Å². The Hall–Kier alpha value is -3.41. The lowest BCUT2D eigenvalue weighted by Crippen LogP contribution is -2.21. The van der Waals surface area contributed by atoms with Gasteiger partial charge in [-0.2, -0.15) is 18.3 Å². The van der Waals surface area contributed by atoms with E-state index >= 15 is 0 Å². The number of aliphatic hydroxyl groups is 1. The van der Waals surface area contributed by atoms with Crippen LogP contribution in [-0.2, 0) is 11.0 Å². The number of nitrogens with two attached hydrogens (primary N) is 1. The smallest absolute Gasteiger partial charge is 0.382 e. The van der Waals surface area contributed by atoms with Gasteiger partial charge in [0, 0.05) is 10.7 Å². The third-order valence-corrected chi connectivity index (χ3v) is 5.43. The van der Waals surface area contributed by atoms with Crippen molar-refractivity contribution in [3.8, 4) is 5.69 Å². The lowest BCUT2D eigenvalue weighted by atomic mass is 10.0. The highest BCUT2D eigenvalue weighted by molar-refractivity contribution is 6.33. The molecule has 0 spiro atoms. The molecule has 0 aliphatic heterocycles. The number of alkyl halides is 3. The van der Waals surface area contributed by atoms with Crippen LogP contribution in [0, 0.1) is 6.92 Å². The summed E-state index contributed by atoms with van der Waals surface area (Å²) in [6, 6.07) is 6.85. The minimum absolute atomic E-state index is 0.169. The number of nitrogens with one attached hydrogen (secondary N) is 1.